The van der Waals surface area contributed by atoms with Crippen molar-refractivity contribution in [1.29, 1.82) is 0 Å². The third-order valence-electron chi connectivity index (χ3n) is 4.50. The molecule has 2 heterocycles. The van der Waals surface area contributed by atoms with Crippen LogP contribution in [0.15, 0.2) is 0 Å². The molecule has 1 saturated heterocycles. The molecule has 1 N–H and O–H groups in total. The molecular formula is C15H24N2OS. The smallest absolute Gasteiger partial charge is 0.186 e. The Morgan fingerprint density at radius 1 is 1.47 bits per heavy atom. The Balaban J connectivity index is 1.90. The van der Waals surface area contributed by atoms with Gasteiger partial charge in [0, 0.05) is 12.6 Å². The lowest BCUT2D eigenvalue weighted by Gasteiger charge is -2.31. The molecule has 2 unspecified atom stereocenters. The van der Waals surface area contributed by atoms with Crippen LogP contribution < -0.4 is 4.90 Å². The van der Waals surface area contributed by atoms with Crippen molar-refractivity contribution in [3.63, 3.8) is 0 Å². The number of hydrogen-bond acceptors (Lipinski definition) is 4. The van der Waals surface area contributed by atoms with E-state index < -0.39 is 0 Å². The van der Waals surface area contributed by atoms with Crippen LogP contribution in [0.2, 0.25) is 0 Å². The predicted molar refractivity (Wildman–Crippen MR) is 79.8 cm³/mol. The SMILES string of the molecule is CCC1CCCN1c1nc2c(s1)C(O)CC(C)(C)C2. The summed E-state index contributed by atoms with van der Waals surface area (Å²) in [5.74, 6) is 0. The molecule has 106 valence electrons. The summed E-state index contributed by atoms with van der Waals surface area (Å²) in [6.07, 6.45) is 5.30. The van der Waals surface area contributed by atoms with Crippen LogP contribution in [-0.2, 0) is 6.42 Å². The van der Waals surface area contributed by atoms with Crippen molar-refractivity contribution in [2.24, 2.45) is 5.41 Å². The minimum absolute atomic E-state index is 0.174. The number of aromatic nitrogens is 1. The van der Waals surface area contributed by atoms with E-state index in [1.54, 1.807) is 11.3 Å². The van der Waals surface area contributed by atoms with E-state index in [1.807, 2.05) is 0 Å². The van der Waals surface area contributed by atoms with Crippen LogP contribution in [0.5, 0.6) is 0 Å². The second-order valence-electron chi connectivity index (χ2n) is 6.77. The average Bonchev–Trinajstić information content (AvgIpc) is 2.91. The quantitative estimate of drug-likeness (QED) is 0.900. The molecule has 0 amide bonds. The van der Waals surface area contributed by atoms with Crippen LogP contribution >= 0.6 is 11.3 Å². The van der Waals surface area contributed by atoms with Gasteiger partial charge in [0.15, 0.2) is 5.13 Å². The van der Waals surface area contributed by atoms with Gasteiger partial charge in [0.2, 0.25) is 0 Å². The zero-order valence-corrected chi connectivity index (χ0v) is 13.0. The molecule has 0 aromatic carbocycles. The fourth-order valence-corrected chi connectivity index (χ4v) is 4.68. The number of fused-ring (bicyclic) bond motifs is 1. The minimum atomic E-state index is -0.312. The first-order valence-corrected chi connectivity index (χ1v) is 8.26. The zero-order chi connectivity index (χ0) is 13.6. The summed E-state index contributed by atoms with van der Waals surface area (Å²) in [6.45, 7) is 7.84. The summed E-state index contributed by atoms with van der Waals surface area (Å²) in [4.78, 5) is 8.44. The molecule has 1 aliphatic heterocycles. The summed E-state index contributed by atoms with van der Waals surface area (Å²) < 4.78 is 0. The number of aliphatic hydroxyl groups excluding tert-OH is 1. The van der Waals surface area contributed by atoms with E-state index in [1.165, 1.54) is 19.3 Å². The highest BCUT2D eigenvalue weighted by Gasteiger charge is 2.35. The van der Waals surface area contributed by atoms with Gasteiger partial charge < -0.3 is 10.0 Å². The zero-order valence-electron chi connectivity index (χ0n) is 12.1. The van der Waals surface area contributed by atoms with E-state index in [0.717, 1.165) is 35.1 Å². The second-order valence-corrected chi connectivity index (χ2v) is 7.78. The maximum Gasteiger partial charge on any atom is 0.186 e. The Morgan fingerprint density at radius 3 is 3.00 bits per heavy atom. The fourth-order valence-electron chi connectivity index (χ4n) is 3.51. The normalized spacial score (nSPS) is 29.6. The standard InChI is InChI=1S/C15H24N2OS/c1-4-10-6-5-7-17(10)14-16-11-8-15(2,3)9-12(18)13(11)19-14/h10,12,18H,4-9H2,1-3H3. The highest BCUT2D eigenvalue weighted by atomic mass is 32.1. The molecule has 1 aliphatic carbocycles. The number of thiazole rings is 1. The van der Waals surface area contributed by atoms with Gasteiger partial charge in [0.05, 0.1) is 16.7 Å². The molecule has 0 spiro atoms. The maximum absolute atomic E-state index is 10.3. The largest absolute Gasteiger partial charge is 0.387 e. The van der Waals surface area contributed by atoms with Gasteiger partial charge in [-0.05, 0) is 37.5 Å². The van der Waals surface area contributed by atoms with Crippen molar-refractivity contribution in [2.45, 2.75) is 65.0 Å². The highest BCUT2D eigenvalue weighted by molar-refractivity contribution is 7.15. The molecule has 19 heavy (non-hydrogen) atoms. The Morgan fingerprint density at radius 2 is 2.26 bits per heavy atom. The molecule has 2 aliphatic rings. The number of hydrogen-bond donors (Lipinski definition) is 1. The van der Waals surface area contributed by atoms with E-state index in [9.17, 15) is 5.11 Å². The van der Waals surface area contributed by atoms with Crippen molar-refractivity contribution >= 4 is 16.5 Å². The topological polar surface area (TPSA) is 36.4 Å². The first-order chi connectivity index (χ1) is 9.00. The molecule has 1 aromatic rings. The third-order valence-corrected chi connectivity index (χ3v) is 5.74. The van der Waals surface area contributed by atoms with Gasteiger partial charge >= 0.3 is 0 Å². The summed E-state index contributed by atoms with van der Waals surface area (Å²) in [7, 11) is 0. The third kappa shape index (κ3) is 2.40. The number of rotatable bonds is 2. The minimum Gasteiger partial charge on any atom is -0.387 e. The van der Waals surface area contributed by atoms with Gasteiger partial charge in [-0.1, -0.05) is 32.1 Å². The van der Waals surface area contributed by atoms with Crippen LogP contribution in [0.3, 0.4) is 0 Å². The fraction of sp³-hybridized carbons (Fsp3) is 0.800. The molecule has 3 nitrogen and oxygen atoms in total. The molecule has 2 atom stereocenters. The van der Waals surface area contributed by atoms with Crippen molar-refractivity contribution in [3.8, 4) is 0 Å². The van der Waals surface area contributed by atoms with Gasteiger partial charge in [-0.2, -0.15) is 0 Å². The summed E-state index contributed by atoms with van der Waals surface area (Å²) >= 11 is 1.73. The van der Waals surface area contributed by atoms with E-state index in [2.05, 4.69) is 25.7 Å². The molecule has 1 fully saturated rings. The van der Waals surface area contributed by atoms with E-state index in [-0.39, 0.29) is 11.5 Å². The van der Waals surface area contributed by atoms with E-state index in [4.69, 9.17) is 4.98 Å². The molecule has 1 aromatic heterocycles. The highest BCUT2D eigenvalue weighted by Crippen LogP contribution is 2.45. The van der Waals surface area contributed by atoms with Gasteiger partial charge in [0.1, 0.15) is 0 Å². The van der Waals surface area contributed by atoms with Crippen LogP contribution in [0, 0.1) is 5.41 Å². The first kappa shape index (κ1) is 13.4. The van der Waals surface area contributed by atoms with Gasteiger partial charge in [-0.25, -0.2) is 4.98 Å². The van der Waals surface area contributed by atoms with Crippen molar-refractivity contribution in [2.75, 3.05) is 11.4 Å². The maximum atomic E-state index is 10.3. The lowest BCUT2D eigenvalue weighted by Crippen LogP contribution is -2.28. The Kier molecular flexibility index (Phi) is 3.34. The van der Waals surface area contributed by atoms with Crippen LogP contribution in [0.1, 0.15) is 63.1 Å². The first-order valence-electron chi connectivity index (χ1n) is 7.44. The Bertz CT molecular complexity index is 469. The second kappa shape index (κ2) is 4.74. The summed E-state index contributed by atoms with van der Waals surface area (Å²) in [6, 6.07) is 0.651. The van der Waals surface area contributed by atoms with Crippen LogP contribution in [0.25, 0.3) is 0 Å². The van der Waals surface area contributed by atoms with Gasteiger partial charge in [0.25, 0.3) is 0 Å². The molecule has 0 bridgehead atoms. The molecule has 0 radical (unpaired) electrons. The van der Waals surface area contributed by atoms with E-state index >= 15 is 0 Å². The molecule has 3 rings (SSSR count). The lowest BCUT2D eigenvalue weighted by molar-refractivity contribution is 0.102. The molecule has 4 heteroatoms. The van der Waals surface area contributed by atoms with E-state index in [0.29, 0.717) is 6.04 Å². The van der Waals surface area contributed by atoms with Crippen LogP contribution in [0.4, 0.5) is 5.13 Å². The van der Waals surface area contributed by atoms with Crippen molar-refractivity contribution in [1.82, 2.24) is 4.98 Å². The number of aliphatic hydroxyl groups is 1. The molecular weight excluding hydrogens is 256 g/mol. The van der Waals surface area contributed by atoms with Crippen molar-refractivity contribution in [3.05, 3.63) is 10.6 Å². The molecule has 0 saturated carbocycles. The predicted octanol–water partition coefficient (Wildman–Crippen LogP) is 3.53. The van der Waals surface area contributed by atoms with Crippen LogP contribution in [-0.4, -0.2) is 22.7 Å². The number of anilines is 1. The Labute approximate surface area is 119 Å². The number of nitrogens with zero attached hydrogens (tertiary/aromatic N) is 2. The summed E-state index contributed by atoms with van der Waals surface area (Å²) in [5, 5.41) is 11.5. The average molecular weight is 280 g/mol. The van der Waals surface area contributed by atoms with Gasteiger partial charge in [-0.15, -0.1) is 0 Å². The Hall–Kier alpha value is -0.610. The van der Waals surface area contributed by atoms with Gasteiger partial charge in [-0.3, -0.25) is 0 Å². The van der Waals surface area contributed by atoms with Crippen molar-refractivity contribution < 1.29 is 5.11 Å². The lowest BCUT2D eigenvalue weighted by atomic mass is 9.77. The summed E-state index contributed by atoms with van der Waals surface area (Å²) in [5.41, 5.74) is 1.32. The monoisotopic (exact) mass is 280 g/mol.